The smallest absolute Gasteiger partial charge is 0.318 e. The molecule has 2 aliphatic carbocycles. The zero-order valence-corrected chi connectivity index (χ0v) is 21.6. The number of nitrogens with zero attached hydrogens (tertiary/aromatic N) is 5. The van der Waals surface area contributed by atoms with E-state index in [9.17, 15) is 18.0 Å². The second kappa shape index (κ2) is 8.36. The predicted octanol–water partition coefficient (Wildman–Crippen LogP) is 5.72. The summed E-state index contributed by atoms with van der Waals surface area (Å²) in [6.45, 7) is 2.01. The molecular weight excluding hydrogens is 510 g/mol. The van der Waals surface area contributed by atoms with E-state index in [1.54, 1.807) is 35.9 Å². The lowest BCUT2D eigenvalue weighted by Crippen LogP contribution is -2.24. The van der Waals surface area contributed by atoms with E-state index in [2.05, 4.69) is 15.1 Å². The predicted molar refractivity (Wildman–Crippen MR) is 136 cm³/mol. The Morgan fingerprint density at radius 3 is 2.51 bits per heavy atom. The summed E-state index contributed by atoms with van der Waals surface area (Å²) in [6, 6.07) is 9.86. The highest BCUT2D eigenvalue weighted by Gasteiger charge is 2.54. The number of aryl methyl sites for hydroxylation is 1. The molecule has 4 aliphatic rings. The molecule has 7 rings (SSSR count). The molecule has 3 aromatic rings. The largest absolute Gasteiger partial charge is 0.416 e. The van der Waals surface area contributed by atoms with Gasteiger partial charge in [-0.05, 0) is 85.0 Å². The lowest BCUT2D eigenvalue weighted by molar-refractivity contribution is -0.138. The van der Waals surface area contributed by atoms with E-state index >= 15 is 4.39 Å². The van der Waals surface area contributed by atoms with Crippen LogP contribution in [-0.4, -0.2) is 38.7 Å². The maximum atomic E-state index is 15.7. The summed E-state index contributed by atoms with van der Waals surface area (Å²) in [5.41, 5.74) is 0.640. The molecule has 0 N–H and O–H groups in total. The van der Waals surface area contributed by atoms with Gasteiger partial charge in [-0.2, -0.15) is 13.2 Å². The van der Waals surface area contributed by atoms with Crippen LogP contribution >= 0.6 is 0 Å². The number of likely N-dealkylation sites (tertiary alicyclic amines) is 1. The van der Waals surface area contributed by atoms with Crippen LogP contribution in [0.2, 0.25) is 0 Å². The maximum absolute atomic E-state index is 15.7. The molecule has 3 heterocycles. The van der Waals surface area contributed by atoms with Crippen molar-refractivity contribution in [1.29, 1.82) is 0 Å². The van der Waals surface area contributed by atoms with Crippen molar-refractivity contribution >= 4 is 11.6 Å². The van der Waals surface area contributed by atoms with Gasteiger partial charge < -0.3 is 9.47 Å². The summed E-state index contributed by atoms with van der Waals surface area (Å²) in [6.07, 6.45) is 0.187. The summed E-state index contributed by atoms with van der Waals surface area (Å²) in [5, 5.41) is 7.73. The summed E-state index contributed by atoms with van der Waals surface area (Å²) < 4.78 is 59.9. The molecule has 204 valence electrons. The van der Waals surface area contributed by atoms with Crippen molar-refractivity contribution in [3.8, 4) is 0 Å². The second-order valence-corrected chi connectivity index (χ2v) is 11.9. The van der Waals surface area contributed by atoms with E-state index in [0.717, 1.165) is 19.5 Å². The van der Waals surface area contributed by atoms with Gasteiger partial charge in [-0.1, -0.05) is 12.1 Å². The molecule has 1 atom stereocenters. The van der Waals surface area contributed by atoms with Gasteiger partial charge in [-0.25, -0.2) is 4.39 Å². The Balaban J connectivity index is 1.19. The number of amides is 1. The molecule has 2 aliphatic heterocycles. The molecular formula is C29H29F4N5O. The summed E-state index contributed by atoms with van der Waals surface area (Å²) in [7, 11) is 1.69. The van der Waals surface area contributed by atoms with Crippen LogP contribution in [0.5, 0.6) is 0 Å². The van der Waals surface area contributed by atoms with E-state index < -0.39 is 29.2 Å². The molecule has 1 amide bonds. The number of anilines is 1. The first-order valence-electron chi connectivity index (χ1n) is 13.4. The fraction of sp³-hybridized carbons (Fsp3) is 0.483. The number of carbonyl (C=O) groups is 1. The third-order valence-corrected chi connectivity index (χ3v) is 9.27. The molecule has 1 spiro atoms. The first-order valence-corrected chi connectivity index (χ1v) is 13.4. The number of halogens is 4. The number of rotatable bonds is 6. The van der Waals surface area contributed by atoms with Crippen LogP contribution in [-0.2, 0) is 31.7 Å². The van der Waals surface area contributed by atoms with Crippen molar-refractivity contribution < 1.29 is 22.4 Å². The van der Waals surface area contributed by atoms with Gasteiger partial charge in [0.1, 0.15) is 6.33 Å². The zero-order valence-electron chi connectivity index (χ0n) is 21.6. The minimum atomic E-state index is -4.57. The molecule has 1 saturated heterocycles. The zero-order chi connectivity index (χ0) is 27.2. The number of carbonyl (C=O) groups excluding carboxylic acids is 1. The monoisotopic (exact) mass is 539 g/mol. The molecule has 0 unspecified atom stereocenters. The fourth-order valence-electron chi connectivity index (χ4n) is 6.60. The van der Waals surface area contributed by atoms with Crippen molar-refractivity contribution in [3.05, 3.63) is 76.4 Å². The van der Waals surface area contributed by atoms with Crippen LogP contribution in [0.15, 0.2) is 42.7 Å². The number of benzene rings is 2. The fourth-order valence-corrected chi connectivity index (χ4v) is 6.60. The number of aromatic nitrogens is 3. The van der Waals surface area contributed by atoms with E-state index in [4.69, 9.17) is 0 Å². The van der Waals surface area contributed by atoms with Gasteiger partial charge >= 0.3 is 6.18 Å². The van der Waals surface area contributed by atoms with Gasteiger partial charge in [0.25, 0.3) is 5.91 Å². The highest BCUT2D eigenvalue weighted by molar-refractivity contribution is 6.10. The Kier molecular flexibility index (Phi) is 5.31. The average molecular weight is 540 g/mol. The molecule has 0 radical (unpaired) electrons. The highest BCUT2D eigenvalue weighted by atomic mass is 19.4. The Hall–Kier alpha value is -3.27. The molecule has 2 aromatic carbocycles. The molecule has 10 heteroatoms. The second-order valence-electron chi connectivity index (χ2n) is 11.9. The van der Waals surface area contributed by atoms with Crippen LogP contribution in [0.3, 0.4) is 0 Å². The van der Waals surface area contributed by atoms with E-state index in [-0.39, 0.29) is 23.5 Å². The first kappa shape index (κ1) is 24.7. The van der Waals surface area contributed by atoms with Crippen molar-refractivity contribution in [1.82, 2.24) is 19.7 Å². The molecule has 0 bridgehead atoms. The number of hydrogen-bond donors (Lipinski definition) is 0. The molecule has 1 aromatic heterocycles. The topological polar surface area (TPSA) is 54.3 Å². The third-order valence-electron chi connectivity index (χ3n) is 9.27. The van der Waals surface area contributed by atoms with Crippen molar-refractivity contribution in [2.45, 2.75) is 63.0 Å². The Bertz CT molecular complexity index is 1470. The average Bonchev–Trinajstić information content (AvgIpc) is 3.75. The van der Waals surface area contributed by atoms with E-state index in [1.807, 2.05) is 6.07 Å². The van der Waals surface area contributed by atoms with Crippen molar-refractivity contribution in [2.24, 2.45) is 12.5 Å². The summed E-state index contributed by atoms with van der Waals surface area (Å²) >= 11 is 0. The van der Waals surface area contributed by atoms with Gasteiger partial charge in [-0.15, -0.1) is 10.2 Å². The molecule has 3 fully saturated rings. The van der Waals surface area contributed by atoms with Crippen LogP contribution in [0, 0.1) is 5.41 Å². The Morgan fingerprint density at radius 2 is 1.87 bits per heavy atom. The summed E-state index contributed by atoms with van der Waals surface area (Å²) in [5.74, 6) is -0.222. The van der Waals surface area contributed by atoms with Crippen molar-refractivity contribution in [2.75, 3.05) is 18.0 Å². The van der Waals surface area contributed by atoms with Gasteiger partial charge in [0.2, 0.25) is 0 Å². The van der Waals surface area contributed by atoms with Crippen molar-refractivity contribution in [3.63, 3.8) is 0 Å². The lowest BCUT2D eigenvalue weighted by atomic mass is 9.90. The van der Waals surface area contributed by atoms with Gasteiger partial charge in [0.05, 0.1) is 12.1 Å². The third kappa shape index (κ3) is 4.06. The molecule has 6 nitrogen and oxygen atoms in total. The van der Waals surface area contributed by atoms with Gasteiger partial charge in [-0.3, -0.25) is 9.69 Å². The normalized spacial score (nSPS) is 22.0. The minimum absolute atomic E-state index is 0.00493. The van der Waals surface area contributed by atoms with Gasteiger partial charge in [0, 0.05) is 36.8 Å². The van der Waals surface area contributed by atoms with E-state index in [0.29, 0.717) is 41.6 Å². The van der Waals surface area contributed by atoms with Crippen LogP contribution in [0.1, 0.15) is 76.7 Å². The van der Waals surface area contributed by atoms with Gasteiger partial charge in [0.15, 0.2) is 12.0 Å². The maximum Gasteiger partial charge on any atom is 0.416 e. The van der Waals surface area contributed by atoms with Crippen LogP contribution in [0.25, 0.3) is 0 Å². The Morgan fingerprint density at radius 1 is 1.08 bits per heavy atom. The standard InChI is InChI=1S/C29H29F4N5O/c1-36-17-34-35-25(36)24(30)28(7-8-28)19-3-2-4-20(13-19)38-15-22-21(26(38)39)11-18(12-23(22)29(31,32)33)14-37-10-9-27(16-37)5-6-27/h2-4,11-13,17,24H,5-10,14-16H2,1H3/t24-/m1/s1. The highest BCUT2D eigenvalue weighted by Crippen LogP contribution is 2.58. The quantitative estimate of drug-likeness (QED) is 0.376. The first-order chi connectivity index (χ1) is 18.6. The Labute approximate surface area is 223 Å². The minimum Gasteiger partial charge on any atom is -0.318 e. The van der Waals surface area contributed by atoms with E-state index in [1.165, 1.54) is 30.1 Å². The number of fused-ring (bicyclic) bond motifs is 1. The van der Waals surface area contributed by atoms with Crippen LogP contribution in [0.4, 0.5) is 23.2 Å². The molecule has 39 heavy (non-hydrogen) atoms. The lowest BCUT2D eigenvalue weighted by Gasteiger charge is -2.23. The summed E-state index contributed by atoms with van der Waals surface area (Å²) in [4.78, 5) is 17.2. The SMILES string of the molecule is Cn1cnnc1[C@@H](F)C1(c2cccc(N3Cc4c(cc(CN5CCC6(CC6)C5)cc4C(F)(F)F)C3=O)c2)CC1. The number of hydrogen-bond acceptors (Lipinski definition) is 4. The number of alkyl halides is 4. The van der Waals surface area contributed by atoms with Crippen LogP contribution < -0.4 is 4.90 Å². The molecule has 2 saturated carbocycles.